The Morgan fingerprint density at radius 1 is 0.867 bits per heavy atom. The van der Waals surface area contributed by atoms with Crippen LogP contribution in [0, 0.1) is 11.6 Å². The van der Waals surface area contributed by atoms with Crippen molar-refractivity contribution in [3.8, 4) is 0 Å². The number of nitrogens with zero attached hydrogens (tertiary/aromatic N) is 1. The van der Waals surface area contributed by atoms with E-state index in [4.69, 9.17) is 19.8 Å². The summed E-state index contributed by atoms with van der Waals surface area (Å²) in [5.74, 6) is -4.15. The Bertz CT molecular complexity index is 721. The second-order valence-electron chi connectivity index (χ2n) is 6.48. The molecule has 0 atom stereocenters. The Morgan fingerprint density at radius 2 is 1.27 bits per heavy atom. The third kappa shape index (κ3) is 9.11. The van der Waals surface area contributed by atoms with Crippen molar-refractivity contribution >= 4 is 11.9 Å². The lowest BCUT2D eigenvalue weighted by Gasteiger charge is -2.22. The van der Waals surface area contributed by atoms with Crippen LogP contribution in [0.1, 0.15) is 37.4 Å². The van der Waals surface area contributed by atoms with Crippen molar-refractivity contribution in [2.45, 2.75) is 26.3 Å². The van der Waals surface area contributed by atoms with E-state index in [0.29, 0.717) is 0 Å². The molecule has 0 heterocycles. The minimum atomic E-state index is -1.82. The van der Waals surface area contributed by atoms with Gasteiger partial charge in [-0.3, -0.25) is 0 Å². The summed E-state index contributed by atoms with van der Waals surface area (Å²) >= 11 is 0. The number of aliphatic carboxylic acids is 2. The Labute approximate surface area is 175 Å². The van der Waals surface area contributed by atoms with Crippen LogP contribution in [0.2, 0.25) is 0 Å². The molecule has 0 saturated carbocycles. The van der Waals surface area contributed by atoms with Gasteiger partial charge in [-0.05, 0) is 68.0 Å². The van der Waals surface area contributed by atoms with Crippen molar-refractivity contribution in [3.05, 3.63) is 71.3 Å². The van der Waals surface area contributed by atoms with Gasteiger partial charge in [0.1, 0.15) is 11.6 Å². The molecule has 0 unspecified atom stereocenters. The molecule has 0 aliphatic carbocycles. The first kappa shape index (κ1) is 25.2. The lowest BCUT2D eigenvalue weighted by molar-refractivity contribution is -0.159. The summed E-state index contributed by atoms with van der Waals surface area (Å²) in [6, 6.07) is 12.9. The molecule has 30 heavy (non-hydrogen) atoms. The lowest BCUT2D eigenvalue weighted by atomic mass is 9.98. The standard InChI is InChI=1S/C20H26F2N2.C2H2O4/c1-3-24(4-2)15-5-14-23-20(16-6-10-18(21)11-7-16)17-8-12-19(22)13-9-17;3-1(4)2(5)6/h6-13,20,23H,3-5,14-15H2,1-2H3;(H,3,4)(H,5,6). The van der Waals surface area contributed by atoms with Gasteiger partial charge in [-0.15, -0.1) is 0 Å². The van der Waals surface area contributed by atoms with E-state index >= 15 is 0 Å². The van der Waals surface area contributed by atoms with Crippen LogP contribution < -0.4 is 5.32 Å². The first-order chi connectivity index (χ1) is 14.3. The highest BCUT2D eigenvalue weighted by Gasteiger charge is 2.14. The highest BCUT2D eigenvalue weighted by atomic mass is 19.1. The van der Waals surface area contributed by atoms with Gasteiger partial charge in [0, 0.05) is 0 Å². The first-order valence-electron chi connectivity index (χ1n) is 9.71. The zero-order valence-electron chi connectivity index (χ0n) is 17.1. The topological polar surface area (TPSA) is 89.9 Å². The average Bonchev–Trinajstić information content (AvgIpc) is 2.73. The maximum Gasteiger partial charge on any atom is 0.414 e. The molecule has 2 aromatic carbocycles. The summed E-state index contributed by atoms with van der Waals surface area (Å²) in [6.45, 7) is 8.31. The molecule has 2 rings (SSSR count). The van der Waals surface area contributed by atoms with Crippen LogP contribution in [0.4, 0.5) is 8.78 Å². The van der Waals surface area contributed by atoms with E-state index < -0.39 is 11.9 Å². The van der Waals surface area contributed by atoms with Gasteiger partial charge in [-0.25, -0.2) is 18.4 Å². The number of nitrogens with one attached hydrogen (secondary N) is 1. The lowest BCUT2D eigenvalue weighted by Crippen LogP contribution is -2.29. The molecule has 6 nitrogen and oxygen atoms in total. The third-order valence-corrected chi connectivity index (χ3v) is 4.48. The van der Waals surface area contributed by atoms with Crippen LogP contribution in [-0.4, -0.2) is 53.2 Å². The zero-order valence-corrected chi connectivity index (χ0v) is 17.1. The Balaban J connectivity index is 0.000000656. The molecule has 0 aliphatic rings. The largest absolute Gasteiger partial charge is 0.473 e. The van der Waals surface area contributed by atoms with Crippen molar-refractivity contribution in [2.24, 2.45) is 0 Å². The second kappa shape index (κ2) is 13.4. The van der Waals surface area contributed by atoms with Gasteiger partial charge in [0.05, 0.1) is 6.04 Å². The monoisotopic (exact) mass is 422 g/mol. The number of halogens is 2. The minimum Gasteiger partial charge on any atom is -0.473 e. The fourth-order valence-corrected chi connectivity index (χ4v) is 2.83. The molecule has 164 valence electrons. The maximum absolute atomic E-state index is 13.2. The van der Waals surface area contributed by atoms with Crippen molar-refractivity contribution in [2.75, 3.05) is 26.2 Å². The molecule has 0 spiro atoms. The van der Waals surface area contributed by atoms with Crippen molar-refractivity contribution < 1.29 is 28.6 Å². The number of hydrogen-bond donors (Lipinski definition) is 3. The van der Waals surface area contributed by atoms with Gasteiger partial charge < -0.3 is 20.4 Å². The molecular weight excluding hydrogens is 394 g/mol. The summed E-state index contributed by atoms with van der Waals surface area (Å²) in [5.41, 5.74) is 1.96. The number of carbonyl (C=O) groups is 2. The normalized spacial score (nSPS) is 10.6. The average molecular weight is 422 g/mol. The molecule has 0 saturated heterocycles. The van der Waals surface area contributed by atoms with Crippen LogP contribution in [0.25, 0.3) is 0 Å². The van der Waals surface area contributed by atoms with E-state index in [1.54, 1.807) is 24.3 Å². The molecule has 8 heteroatoms. The van der Waals surface area contributed by atoms with Gasteiger partial charge in [-0.2, -0.15) is 0 Å². The smallest absolute Gasteiger partial charge is 0.414 e. The van der Waals surface area contributed by atoms with E-state index in [1.807, 2.05) is 0 Å². The summed E-state index contributed by atoms with van der Waals surface area (Å²) in [6.07, 6.45) is 1.03. The van der Waals surface area contributed by atoms with Crippen LogP contribution in [0.15, 0.2) is 48.5 Å². The summed E-state index contributed by atoms with van der Waals surface area (Å²) in [5, 5.41) is 18.3. The minimum absolute atomic E-state index is 0.0668. The molecule has 0 amide bonds. The molecule has 3 N–H and O–H groups in total. The summed E-state index contributed by atoms with van der Waals surface area (Å²) in [4.78, 5) is 20.6. The van der Waals surface area contributed by atoms with Crippen LogP contribution in [0.5, 0.6) is 0 Å². The molecule has 0 fully saturated rings. The van der Waals surface area contributed by atoms with Crippen LogP contribution in [-0.2, 0) is 9.59 Å². The molecule has 0 aliphatic heterocycles. The van der Waals surface area contributed by atoms with Gasteiger partial charge in [0.15, 0.2) is 0 Å². The molecule has 2 aromatic rings. The summed E-state index contributed by atoms with van der Waals surface area (Å²) < 4.78 is 26.4. The maximum atomic E-state index is 13.2. The number of carboxylic acids is 2. The van der Waals surface area contributed by atoms with Gasteiger partial charge >= 0.3 is 11.9 Å². The van der Waals surface area contributed by atoms with Gasteiger partial charge in [0.2, 0.25) is 0 Å². The predicted molar refractivity (Wildman–Crippen MR) is 110 cm³/mol. The van der Waals surface area contributed by atoms with Crippen molar-refractivity contribution in [1.29, 1.82) is 0 Å². The molecule has 0 bridgehead atoms. The zero-order chi connectivity index (χ0) is 22.5. The number of benzene rings is 2. The van der Waals surface area contributed by atoms with Gasteiger partial charge in [0.25, 0.3) is 0 Å². The van der Waals surface area contributed by atoms with Crippen LogP contribution in [0.3, 0.4) is 0 Å². The third-order valence-electron chi connectivity index (χ3n) is 4.48. The number of rotatable bonds is 9. The Kier molecular flexibility index (Phi) is 11.3. The molecular formula is C22H28F2N2O4. The first-order valence-corrected chi connectivity index (χ1v) is 9.71. The molecule has 0 aromatic heterocycles. The van der Waals surface area contributed by atoms with E-state index in [2.05, 4.69) is 24.1 Å². The van der Waals surface area contributed by atoms with E-state index in [-0.39, 0.29) is 17.7 Å². The Hall–Kier alpha value is -2.84. The SMILES string of the molecule is CCN(CC)CCCNC(c1ccc(F)cc1)c1ccc(F)cc1.O=C(O)C(=O)O. The van der Waals surface area contributed by atoms with Crippen molar-refractivity contribution in [3.63, 3.8) is 0 Å². The highest BCUT2D eigenvalue weighted by Crippen LogP contribution is 2.22. The van der Waals surface area contributed by atoms with E-state index in [0.717, 1.165) is 43.7 Å². The van der Waals surface area contributed by atoms with Crippen molar-refractivity contribution in [1.82, 2.24) is 10.2 Å². The fourth-order valence-electron chi connectivity index (χ4n) is 2.83. The quantitative estimate of drug-likeness (QED) is 0.423. The van der Waals surface area contributed by atoms with E-state index in [9.17, 15) is 8.78 Å². The highest BCUT2D eigenvalue weighted by molar-refractivity contribution is 6.27. The number of carboxylic acid groups (broad SMARTS) is 2. The number of hydrogen-bond acceptors (Lipinski definition) is 4. The van der Waals surface area contributed by atoms with E-state index in [1.165, 1.54) is 24.3 Å². The van der Waals surface area contributed by atoms with Gasteiger partial charge in [-0.1, -0.05) is 38.1 Å². The second-order valence-corrected chi connectivity index (χ2v) is 6.48. The Morgan fingerprint density at radius 3 is 1.60 bits per heavy atom. The fraction of sp³-hybridized carbons (Fsp3) is 0.364. The summed E-state index contributed by atoms with van der Waals surface area (Å²) in [7, 11) is 0. The van der Waals surface area contributed by atoms with Crippen LogP contribution >= 0.6 is 0 Å². The molecule has 0 radical (unpaired) electrons. The predicted octanol–water partition coefficient (Wildman–Crippen LogP) is 3.53.